The van der Waals surface area contributed by atoms with Crippen molar-refractivity contribution in [2.45, 2.75) is 68.7 Å². The van der Waals surface area contributed by atoms with Crippen molar-refractivity contribution in [2.24, 2.45) is 4.99 Å². The van der Waals surface area contributed by atoms with E-state index in [1.54, 1.807) is 10.4 Å². The van der Waals surface area contributed by atoms with E-state index in [0.29, 0.717) is 29.9 Å². The molecule has 27 heavy (non-hydrogen) atoms. The first-order chi connectivity index (χ1) is 12.6. The molecule has 154 valence electrons. The molecule has 1 saturated carbocycles. The molecule has 0 aromatic carbocycles. The van der Waals surface area contributed by atoms with Crippen LogP contribution in [0.5, 0.6) is 0 Å². The molecule has 2 heterocycles. The van der Waals surface area contributed by atoms with Crippen LogP contribution in [-0.4, -0.2) is 44.4 Å². The fourth-order valence-electron chi connectivity index (χ4n) is 3.55. The summed E-state index contributed by atoms with van der Waals surface area (Å²) in [5.74, 6) is 0.827. The lowest BCUT2D eigenvalue weighted by atomic mass is 10.2. The summed E-state index contributed by atoms with van der Waals surface area (Å²) in [4.78, 5) is 5.63. The predicted octanol–water partition coefficient (Wildman–Crippen LogP) is 3.54. The van der Waals surface area contributed by atoms with Crippen LogP contribution >= 0.6 is 35.3 Å². The molecule has 1 aromatic rings. The van der Waals surface area contributed by atoms with Crippen molar-refractivity contribution >= 4 is 51.3 Å². The van der Waals surface area contributed by atoms with Gasteiger partial charge in [-0.05, 0) is 44.7 Å². The zero-order valence-electron chi connectivity index (χ0n) is 15.9. The van der Waals surface area contributed by atoms with Crippen molar-refractivity contribution in [3.05, 3.63) is 17.0 Å². The minimum Gasteiger partial charge on any atom is -0.357 e. The Labute approximate surface area is 184 Å². The molecule has 1 aromatic heterocycles. The zero-order valence-corrected chi connectivity index (χ0v) is 19.9. The molecule has 1 aliphatic heterocycles. The number of thiophene rings is 1. The third kappa shape index (κ3) is 6.30. The Morgan fingerprint density at radius 1 is 1.19 bits per heavy atom. The summed E-state index contributed by atoms with van der Waals surface area (Å²) in [5, 5.41) is 6.78. The van der Waals surface area contributed by atoms with E-state index in [1.807, 2.05) is 6.07 Å². The summed E-state index contributed by atoms with van der Waals surface area (Å²) in [6, 6.07) is 4.13. The van der Waals surface area contributed by atoms with E-state index < -0.39 is 10.0 Å². The summed E-state index contributed by atoms with van der Waals surface area (Å²) in [6.45, 7) is 4.66. The van der Waals surface area contributed by atoms with Crippen molar-refractivity contribution < 1.29 is 8.42 Å². The van der Waals surface area contributed by atoms with Crippen LogP contribution in [0.15, 0.2) is 21.3 Å². The SMILES string of the molecule is CCNC(=NCc1ccc(S(=O)(=O)N2CCCCC2)s1)NC1CCCC1.I. The monoisotopic (exact) mass is 526 g/mol. The van der Waals surface area contributed by atoms with Gasteiger partial charge in [0.1, 0.15) is 4.21 Å². The number of nitrogens with zero attached hydrogens (tertiary/aromatic N) is 2. The van der Waals surface area contributed by atoms with Gasteiger partial charge < -0.3 is 10.6 Å². The molecule has 1 aliphatic carbocycles. The highest BCUT2D eigenvalue weighted by Gasteiger charge is 2.27. The average molecular weight is 527 g/mol. The third-order valence-corrected chi connectivity index (χ3v) is 8.42. The lowest BCUT2D eigenvalue weighted by Crippen LogP contribution is -2.42. The molecule has 0 radical (unpaired) electrons. The van der Waals surface area contributed by atoms with Crippen molar-refractivity contribution in [1.29, 1.82) is 0 Å². The van der Waals surface area contributed by atoms with Gasteiger partial charge in [0, 0.05) is 30.6 Å². The molecule has 2 aliphatic rings. The van der Waals surface area contributed by atoms with Crippen LogP contribution in [0.1, 0.15) is 56.7 Å². The maximum Gasteiger partial charge on any atom is 0.252 e. The van der Waals surface area contributed by atoms with E-state index in [-0.39, 0.29) is 24.0 Å². The minimum absolute atomic E-state index is 0. The Kier molecular flexibility index (Phi) is 9.30. The average Bonchev–Trinajstić information content (AvgIpc) is 3.33. The van der Waals surface area contributed by atoms with E-state index in [2.05, 4.69) is 22.5 Å². The number of nitrogens with one attached hydrogen (secondary N) is 2. The van der Waals surface area contributed by atoms with Crippen molar-refractivity contribution in [3.63, 3.8) is 0 Å². The van der Waals surface area contributed by atoms with Gasteiger partial charge in [0.2, 0.25) is 0 Å². The Bertz CT molecular complexity index is 709. The quantitative estimate of drug-likeness (QED) is 0.338. The third-order valence-electron chi connectivity index (χ3n) is 4.98. The number of aliphatic imine (C=N–C) groups is 1. The first kappa shape index (κ1) is 22.9. The Balaban J connectivity index is 0.00000261. The van der Waals surface area contributed by atoms with E-state index in [0.717, 1.165) is 36.6 Å². The molecule has 0 spiro atoms. The highest BCUT2D eigenvalue weighted by molar-refractivity contribution is 14.0. The highest BCUT2D eigenvalue weighted by Crippen LogP contribution is 2.27. The van der Waals surface area contributed by atoms with Crippen LogP contribution in [0.3, 0.4) is 0 Å². The number of hydrogen-bond acceptors (Lipinski definition) is 4. The normalized spacial score (nSPS) is 19.7. The van der Waals surface area contributed by atoms with Gasteiger partial charge in [-0.25, -0.2) is 13.4 Å². The van der Waals surface area contributed by atoms with Crippen molar-refractivity contribution in [3.8, 4) is 0 Å². The van der Waals surface area contributed by atoms with Gasteiger partial charge in [0.15, 0.2) is 5.96 Å². The lowest BCUT2D eigenvalue weighted by molar-refractivity contribution is 0.347. The molecule has 9 heteroatoms. The summed E-state index contributed by atoms with van der Waals surface area (Å²) < 4.78 is 27.6. The van der Waals surface area contributed by atoms with Gasteiger partial charge in [-0.1, -0.05) is 19.3 Å². The number of guanidine groups is 1. The number of halogens is 1. The smallest absolute Gasteiger partial charge is 0.252 e. The van der Waals surface area contributed by atoms with Crippen LogP contribution in [0, 0.1) is 0 Å². The second-order valence-electron chi connectivity index (χ2n) is 7.01. The first-order valence-electron chi connectivity index (χ1n) is 9.73. The standard InChI is InChI=1S/C18H30N4O2S2.HI/c1-2-19-18(21-15-8-4-5-9-15)20-14-16-10-11-17(25-16)26(23,24)22-12-6-3-7-13-22;/h10-11,15H,2-9,12-14H2,1H3,(H2,19,20,21);1H. The molecular weight excluding hydrogens is 495 g/mol. The van der Waals surface area contributed by atoms with Crippen LogP contribution in [0.4, 0.5) is 0 Å². The maximum absolute atomic E-state index is 12.7. The predicted molar refractivity (Wildman–Crippen MR) is 123 cm³/mol. The molecule has 2 fully saturated rings. The minimum atomic E-state index is -3.34. The Morgan fingerprint density at radius 3 is 2.56 bits per heavy atom. The van der Waals surface area contributed by atoms with Gasteiger partial charge in [-0.2, -0.15) is 4.31 Å². The molecular formula is C18H31IN4O2S2. The largest absolute Gasteiger partial charge is 0.357 e. The fraction of sp³-hybridized carbons (Fsp3) is 0.722. The van der Waals surface area contributed by atoms with E-state index in [4.69, 9.17) is 0 Å². The first-order valence-corrected chi connectivity index (χ1v) is 12.0. The van der Waals surface area contributed by atoms with Crippen LogP contribution in [-0.2, 0) is 16.6 Å². The zero-order chi connectivity index (χ0) is 18.4. The second-order valence-corrected chi connectivity index (χ2v) is 10.3. The van der Waals surface area contributed by atoms with Gasteiger partial charge in [0.05, 0.1) is 6.54 Å². The number of hydrogen-bond donors (Lipinski definition) is 2. The van der Waals surface area contributed by atoms with E-state index in [9.17, 15) is 8.42 Å². The Morgan fingerprint density at radius 2 is 1.89 bits per heavy atom. The molecule has 0 atom stereocenters. The summed E-state index contributed by atoms with van der Waals surface area (Å²) in [5.41, 5.74) is 0. The highest BCUT2D eigenvalue weighted by atomic mass is 127. The van der Waals surface area contributed by atoms with Gasteiger partial charge in [-0.3, -0.25) is 0 Å². The molecule has 1 saturated heterocycles. The number of sulfonamides is 1. The lowest BCUT2D eigenvalue weighted by Gasteiger charge is -2.25. The summed E-state index contributed by atoms with van der Waals surface area (Å²) in [6.07, 6.45) is 7.99. The van der Waals surface area contributed by atoms with Crippen LogP contribution in [0.25, 0.3) is 0 Å². The van der Waals surface area contributed by atoms with Crippen LogP contribution < -0.4 is 10.6 Å². The summed E-state index contributed by atoms with van der Waals surface area (Å²) in [7, 11) is -3.34. The van der Waals surface area contributed by atoms with Crippen molar-refractivity contribution in [1.82, 2.24) is 14.9 Å². The molecule has 0 amide bonds. The Hall–Kier alpha value is -0.390. The second kappa shape index (κ2) is 11.0. The van der Waals surface area contributed by atoms with E-state index >= 15 is 0 Å². The molecule has 0 bridgehead atoms. The van der Waals surface area contributed by atoms with Gasteiger partial charge >= 0.3 is 0 Å². The molecule has 2 N–H and O–H groups in total. The molecule has 6 nitrogen and oxygen atoms in total. The molecule has 0 unspecified atom stereocenters. The van der Waals surface area contributed by atoms with E-state index in [1.165, 1.54) is 37.0 Å². The van der Waals surface area contributed by atoms with Crippen molar-refractivity contribution in [2.75, 3.05) is 19.6 Å². The topological polar surface area (TPSA) is 73.8 Å². The maximum atomic E-state index is 12.7. The molecule has 3 rings (SSSR count). The number of rotatable bonds is 6. The fourth-order valence-corrected chi connectivity index (χ4v) is 6.51. The number of piperidine rings is 1. The summed E-state index contributed by atoms with van der Waals surface area (Å²) >= 11 is 1.34. The van der Waals surface area contributed by atoms with Gasteiger partial charge in [0.25, 0.3) is 10.0 Å². The van der Waals surface area contributed by atoms with Gasteiger partial charge in [-0.15, -0.1) is 35.3 Å². The van der Waals surface area contributed by atoms with Crippen LogP contribution in [0.2, 0.25) is 0 Å².